The molecule has 96 valence electrons. The molecule has 0 saturated heterocycles. The van der Waals surface area contributed by atoms with Crippen LogP contribution in [0.2, 0.25) is 0 Å². The second-order valence-corrected chi connectivity index (χ2v) is 5.44. The molecular formula is C10H12N4O3S. The Morgan fingerprint density at radius 3 is 2.78 bits per heavy atom. The van der Waals surface area contributed by atoms with Crippen molar-refractivity contribution in [1.29, 1.82) is 0 Å². The van der Waals surface area contributed by atoms with Gasteiger partial charge in [0.2, 0.25) is 10.0 Å². The van der Waals surface area contributed by atoms with Gasteiger partial charge in [0.25, 0.3) is 0 Å². The Balaban J connectivity index is 2.10. The Bertz CT molecular complexity index is 633. The fourth-order valence-electron chi connectivity index (χ4n) is 1.30. The highest BCUT2D eigenvalue weighted by Crippen LogP contribution is 2.10. The van der Waals surface area contributed by atoms with Crippen LogP contribution < -0.4 is 10.5 Å². The van der Waals surface area contributed by atoms with Crippen molar-refractivity contribution in [3.05, 3.63) is 35.9 Å². The molecule has 2 rings (SSSR count). The molecule has 0 aliphatic rings. The highest BCUT2D eigenvalue weighted by molar-refractivity contribution is 7.89. The topological polar surface area (TPSA) is 111 Å². The number of nitrogens with two attached hydrogens (primary N) is 1. The largest absolute Gasteiger partial charge is 0.384 e. The minimum atomic E-state index is -3.62. The van der Waals surface area contributed by atoms with E-state index in [2.05, 4.69) is 14.9 Å². The summed E-state index contributed by atoms with van der Waals surface area (Å²) in [5.74, 6) is 0.708. The fraction of sp³-hybridized carbons (Fsp3) is 0.200. The summed E-state index contributed by atoms with van der Waals surface area (Å²) in [7, 11) is -3.62. The van der Waals surface area contributed by atoms with Crippen LogP contribution in [0.25, 0.3) is 0 Å². The third kappa shape index (κ3) is 2.84. The Labute approximate surface area is 104 Å². The van der Waals surface area contributed by atoms with Gasteiger partial charge in [-0.1, -0.05) is 5.16 Å². The monoisotopic (exact) mass is 268 g/mol. The fourth-order valence-corrected chi connectivity index (χ4v) is 2.24. The number of pyridine rings is 1. The summed E-state index contributed by atoms with van der Waals surface area (Å²) in [5.41, 5.74) is 6.08. The molecule has 3 N–H and O–H groups in total. The Kier molecular flexibility index (Phi) is 3.30. The van der Waals surface area contributed by atoms with Gasteiger partial charge in [0.1, 0.15) is 10.7 Å². The quantitative estimate of drug-likeness (QED) is 0.832. The van der Waals surface area contributed by atoms with Gasteiger partial charge in [-0.3, -0.25) is 0 Å². The summed E-state index contributed by atoms with van der Waals surface area (Å²) in [5, 5.41) is 3.66. The molecule has 0 fully saturated rings. The Morgan fingerprint density at radius 1 is 1.44 bits per heavy atom. The highest BCUT2D eigenvalue weighted by Gasteiger charge is 2.15. The molecule has 18 heavy (non-hydrogen) atoms. The van der Waals surface area contributed by atoms with Crippen molar-refractivity contribution in [3.63, 3.8) is 0 Å². The first kappa shape index (κ1) is 12.5. The zero-order chi connectivity index (χ0) is 13.2. The lowest BCUT2D eigenvalue weighted by atomic mass is 10.4. The molecule has 0 amide bonds. The molecule has 7 nitrogen and oxygen atoms in total. The summed E-state index contributed by atoms with van der Waals surface area (Å²) < 4.78 is 31.0. The van der Waals surface area contributed by atoms with Crippen LogP contribution >= 0.6 is 0 Å². The average Bonchev–Trinajstić information content (AvgIpc) is 2.73. The van der Waals surface area contributed by atoms with E-state index in [1.165, 1.54) is 18.3 Å². The van der Waals surface area contributed by atoms with Gasteiger partial charge in [0.05, 0.1) is 12.2 Å². The second kappa shape index (κ2) is 4.75. The summed E-state index contributed by atoms with van der Waals surface area (Å²) in [6, 6.07) is 4.47. The average molecular weight is 268 g/mol. The van der Waals surface area contributed by atoms with Crippen LogP contribution in [0.15, 0.2) is 33.8 Å². The zero-order valence-corrected chi connectivity index (χ0v) is 10.4. The van der Waals surface area contributed by atoms with E-state index < -0.39 is 10.0 Å². The predicted octanol–water partition coefficient (Wildman–Crippen LogP) is 0.439. The highest BCUT2D eigenvalue weighted by atomic mass is 32.2. The van der Waals surface area contributed by atoms with Gasteiger partial charge in [-0.2, -0.15) is 0 Å². The van der Waals surface area contributed by atoms with Crippen molar-refractivity contribution >= 4 is 15.8 Å². The zero-order valence-electron chi connectivity index (χ0n) is 9.62. The smallest absolute Gasteiger partial charge is 0.242 e. The van der Waals surface area contributed by atoms with E-state index in [1.54, 1.807) is 13.0 Å². The minimum Gasteiger partial charge on any atom is -0.384 e. The number of hydrogen-bond donors (Lipinski definition) is 2. The molecule has 0 unspecified atom stereocenters. The standard InChI is InChI=1S/C10H12N4O3S/c1-7-4-8(17-14-7)5-13-18(15,16)9-2-3-10(11)12-6-9/h2-4,6,13H,5H2,1H3,(H2,11,12). The number of hydrogen-bond acceptors (Lipinski definition) is 6. The van der Waals surface area contributed by atoms with Crippen molar-refractivity contribution in [1.82, 2.24) is 14.9 Å². The lowest BCUT2D eigenvalue weighted by molar-refractivity contribution is 0.377. The van der Waals surface area contributed by atoms with Crippen LogP contribution in [-0.2, 0) is 16.6 Å². The third-order valence-electron chi connectivity index (χ3n) is 2.18. The number of anilines is 1. The molecule has 0 aromatic carbocycles. The molecule has 2 heterocycles. The van der Waals surface area contributed by atoms with E-state index in [1.807, 2.05) is 0 Å². The number of nitrogens with one attached hydrogen (secondary N) is 1. The molecule has 0 bridgehead atoms. The number of nitrogen functional groups attached to an aromatic ring is 1. The maximum absolute atomic E-state index is 11.9. The van der Waals surface area contributed by atoms with Gasteiger partial charge >= 0.3 is 0 Å². The van der Waals surface area contributed by atoms with Crippen molar-refractivity contribution in [3.8, 4) is 0 Å². The Hall–Kier alpha value is -1.93. The lowest BCUT2D eigenvalue weighted by Crippen LogP contribution is -2.23. The first-order valence-corrected chi connectivity index (χ1v) is 6.59. The number of rotatable bonds is 4. The number of nitrogens with zero attached hydrogens (tertiary/aromatic N) is 2. The van der Waals surface area contributed by atoms with E-state index in [0.29, 0.717) is 11.5 Å². The van der Waals surface area contributed by atoms with E-state index in [9.17, 15) is 8.42 Å². The first-order chi connectivity index (χ1) is 8.47. The number of sulfonamides is 1. The Morgan fingerprint density at radius 2 is 2.22 bits per heavy atom. The first-order valence-electron chi connectivity index (χ1n) is 5.11. The second-order valence-electron chi connectivity index (χ2n) is 3.68. The van der Waals surface area contributed by atoms with E-state index >= 15 is 0 Å². The van der Waals surface area contributed by atoms with E-state index in [-0.39, 0.29) is 17.3 Å². The molecule has 0 atom stereocenters. The maximum Gasteiger partial charge on any atom is 0.242 e. The number of aromatic nitrogens is 2. The van der Waals surface area contributed by atoms with Gasteiger partial charge in [-0.25, -0.2) is 18.1 Å². The van der Waals surface area contributed by atoms with Gasteiger partial charge in [-0.05, 0) is 19.1 Å². The third-order valence-corrected chi connectivity index (χ3v) is 3.57. The van der Waals surface area contributed by atoms with Crippen LogP contribution in [0.5, 0.6) is 0 Å². The predicted molar refractivity (Wildman–Crippen MR) is 63.9 cm³/mol. The summed E-state index contributed by atoms with van der Waals surface area (Å²) in [6.07, 6.45) is 1.20. The van der Waals surface area contributed by atoms with Crippen LogP contribution in [-0.4, -0.2) is 18.6 Å². The van der Waals surface area contributed by atoms with Crippen LogP contribution in [0.3, 0.4) is 0 Å². The van der Waals surface area contributed by atoms with Crippen LogP contribution in [0.4, 0.5) is 5.82 Å². The summed E-state index contributed by atoms with van der Waals surface area (Å²) >= 11 is 0. The molecule has 0 spiro atoms. The molecule has 2 aromatic rings. The van der Waals surface area contributed by atoms with Gasteiger partial charge in [-0.15, -0.1) is 0 Å². The van der Waals surface area contributed by atoms with E-state index in [4.69, 9.17) is 10.3 Å². The van der Waals surface area contributed by atoms with Crippen molar-refractivity contribution in [2.75, 3.05) is 5.73 Å². The SMILES string of the molecule is Cc1cc(CNS(=O)(=O)c2ccc(N)nc2)on1. The summed E-state index contributed by atoms with van der Waals surface area (Å²) in [4.78, 5) is 3.78. The number of aryl methyl sites for hydroxylation is 1. The molecule has 0 saturated carbocycles. The minimum absolute atomic E-state index is 0.0353. The lowest BCUT2D eigenvalue weighted by Gasteiger charge is -2.04. The van der Waals surface area contributed by atoms with Gasteiger partial charge < -0.3 is 10.3 Å². The van der Waals surface area contributed by atoms with Crippen molar-refractivity contribution < 1.29 is 12.9 Å². The molecule has 0 aliphatic heterocycles. The molecule has 8 heteroatoms. The molecular weight excluding hydrogens is 256 g/mol. The van der Waals surface area contributed by atoms with Crippen molar-refractivity contribution in [2.45, 2.75) is 18.4 Å². The van der Waals surface area contributed by atoms with E-state index in [0.717, 1.165) is 0 Å². The summed E-state index contributed by atoms with van der Waals surface area (Å²) in [6.45, 7) is 1.79. The van der Waals surface area contributed by atoms with Crippen molar-refractivity contribution in [2.24, 2.45) is 0 Å². The van der Waals surface area contributed by atoms with Gasteiger partial charge in [0.15, 0.2) is 5.76 Å². The van der Waals surface area contributed by atoms with Crippen LogP contribution in [0.1, 0.15) is 11.5 Å². The van der Waals surface area contributed by atoms with Gasteiger partial charge in [0, 0.05) is 12.3 Å². The molecule has 0 radical (unpaired) electrons. The molecule has 0 aliphatic carbocycles. The molecule has 2 aromatic heterocycles. The maximum atomic E-state index is 11.9. The normalized spacial score (nSPS) is 11.6. The van der Waals surface area contributed by atoms with Crippen LogP contribution in [0, 0.1) is 6.92 Å².